The lowest BCUT2D eigenvalue weighted by atomic mass is 10.2. The Hall–Kier alpha value is -2.31. The summed E-state index contributed by atoms with van der Waals surface area (Å²) in [7, 11) is 0. The van der Waals surface area contributed by atoms with E-state index in [0.717, 1.165) is 38.0 Å². The zero-order valence-electron chi connectivity index (χ0n) is 13.2. The molecule has 1 N–H and O–H groups in total. The second-order valence-corrected chi connectivity index (χ2v) is 8.12. The molecule has 0 spiro atoms. The molecule has 1 unspecified atom stereocenters. The molecule has 25 heavy (non-hydrogen) atoms. The molecule has 2 aromatic carbocycles. The molecule has 2 heterocycles. The minimum atomic E-state index is -0.325. The van der Waals surface area contributed by atoms with Gasteiger partial charge in [0.15, 0.2) is 0 Å². The SMILES string of the molecule is O=C1NC(=O)C(Cc2cc3ccc(OCc4ccccc4)cc3s2)S1. The normalized spacial score (nSPS) is 17.0. The highest BCUT2D eigenvalue weighted by molar-refractivity contribution is 8.15. The van der Waals surface area contributed by atoms with Gasteiger partial charge >= 0.3 is 0 Å². The Kier molecular flexibility index (Phi) is 4.46. The number of hydrogen-bond donors (Lipinski definition) is 1. The first kappa shape index (κ1) is 16.2. The number of amides is 2. The predicted molar refractivity (Wildman–Crippen MR) is 101 cm³/mol. The number of carbonyl (C=O) groups is 2. The van der Waals surface area contributed by atoms with E-state index < -0.39 is 0 Å². The highest BCUT2D eigenvalue weighted by Crippen LogP contribution is 2.32. The zero-order valence-corrected chi connectivity index (χ0v) is 14.9. The van der Waals surface area contributed by atoms with Crippen LogP contribution in [-0.2, 0) is 17.8 Å². The zero-order chi connectivity index (χ0) is 17.2. The fourth-order valence-electron chi connectivity index (χ4n) is 2.71. The van der Waals surface area contributed by atoms with Crippen LogP contribution < -0.4 is 10.1 Å². The minimum Gasteiger partial charge on any atom is -0.489 e. The first-order valence-corrected chi connectivity index (χ1v) is 9.58. The van der Waals surface area contributed by atoms with Crippen molar-refractivity contribution in [2.45, 2.75) is 18.3 Å². The van der Waals surface area contributed by atoms with Crippen molar-refractivity contribution in [1.82, 2.24) is 5.32 Å². The van der Waals surface area contributed by atoms with Crippen molar-refractivity contribution in [3.8, 4) is 5.75 Å². The Morgan fingerprint density at radius 2 is 1.88 bits per heavy atom. The maximum atomic E-state index is 11.7. The third kappa shape index (κ3) is 3.70. The Morgan fingerprint density at radius 3 is 2.64 bits per heavy atom. The van der Waals surface area contributed by atoms with Crippen molar-refractivity contribution in [1.29, 1.82) is 0 Å². The lowest BCUT2D eigenvalue weighted by Gasteiger charge is -2.06. The average molecular weight is 369 g/mol. The summed E-state index contributed by atoms with van der Waals surface area (Å²) in [6, 6.07) is 18.1. The Labute approximate surface area is 153 Å². The summed E-state index contributed by atoms with van der Waals surface area (Å²) in [5.41, 5.74) is 1.13. The fraction of sp³-hybridized carbons (Fsp3) is 0.158. The smallest absolute Gasteiger partial charge is 0.286 e. The number of benzene rings is 2. The lowest BCUT2D eigenvalue weighted by Crippen LogP contribution is -2.25. The van der Waals surface area contributed by atoms with E-state index in [-0.39, 0.29) is 16.4 Å². The predicted octanol–water partition coefficient (Wildman–Crippen LogP) is 4.37. The molecule has 1 saturated heterocycles. The van der Waals surface area contributed by atoms with Gasteiger partial charge in [-0.3, -0.25) is 14.9 Å². The Balaban J connectivity index is 1.47. The quantitative estimate of drug-likeness (QED) is 0.725. The van der Waals surface area contributed by atoms with E-state index in [2.05, 4.69) is 11.4 Å². The molecule has 126 valence electrons. The highest BCUT2D eigenvalue weighted by Gasteiger charge is 2.31. The summed E-state index contributed by atoms with van der Waals surface area (Å²) < 4.78 is 6.99. The molecule has 2 amide bonds. The molecular weight excluding hydrogens is 354 g/mol. The van der Waals surface area contributed by atoms with Crippen LogP contribution in [0.3, 0.4) is 0 Å². The molecule has 6 heteroatoms. The van der Waals surface area contributed by atoms with Crippen molar-refractivity contribution in [2.75, 3.05) is 0 Å². The van der Waals surface area contributed by atoms with E-state index >= 15 is 0 Å². The summed E-state index contributed by atoms with van der Waals surface area (Å²) in [5, 5.41) is 2.88. The number of carbonyl (C=O) groups excluding carboxylic acids is 2. The van der Waals surface area contributed by atoms with Crippen LogP contribution in [-0.4, -0.2) is 16.4 Å². The molecule has 0 aliphatic carbocycles. The highest BCUT2D eigenvalue weighted by atomic mass is 32.2. The number of thioether (sulfide) groups is 1. The number of thiophene rings is 1. The van der Waals surface area contributed by atoms with Gasteiger partial charge in [-0.05, 0) is 35.2 Å². The van der Waals surface area contributed by atoms with Crippen LogP contribution in [0.1, 0.15) is 10.4 Å². The van der Waals surface area contributed by atoms with Crippen LogP contribution in [0.15, 0.2) is 54.6 Å². The molecule has 0 bridgehead atoms. The molecule has 1 aliphatic rings. The van der Waals surface area contributed by atoms with Crippen LogP contribution in [0.5, 0.6) is 5.75 Å². The number of imide groups is 1. The maximum Gasteiger partial charge on any atom is 0.286 e. The van der Waals surface area contributed by atoms with Gasteiger partial charge in [0.25, 0.3) is 5.24 Å². The second kappa shape index (κ2) is 6.90. The topological polar surface area (TPSA) is 55.4 Å². The molecular formula is C19H15NO3S2. The lowest BCUT2D eigenvalue weighted by molar-refractivity contribution is -0.118. The number of nitrogens with one attached hydrogen (secondary N) is 1. The standard InChI is InChI=1S/C19H15NO3S2/c21-18-17(25-19(22)20-18)10-15-8-13-6-7-14(9-16(13)24-15)23-11-12-4-2-1-3-5-12/h1-9,17H,10-11H2,(H,20,21,22). The molecule has 0 radical (unpaired) electrons. The molecule has 1 atom stereocenters. The van der Waals surface area contributed by atoms with Gasteiger partial charge in [-0.1, -0.05) is 42.1 Å². The van der Waals surface area contributed by atoms with E-state index in [1.54, 1.807) is 11.3 Å². The van der Waals surface area contributed by atoms with Gasteiger partial charge in [0.05, 0.1) is 5.25 Å². The van der Waals surface area contributed by atoms with E-state index in [1.165, 1.54) is 0 Å². The molecule has 4 rings (SSSR count). The molecule has 4 nitrogen and oxygen atoms in total. The van der Waals surface area contributed by atoms with E-state index in [0.29, 0.717) is 13.0 Å². The van der Waals surface area contributed by atoms with E-state index in [4.69, 9.17) is 4.74 Å². The van der Waals surface area contributed by atoms with Crippen molar-refractivity contribution in [2.24, 2.45) is 0 Å². The first-order chi connectivity index (χ1) is 12.2. The Morgan fingerprint density at radius 1 is 1.04 bits per heavy atom. The third-order valence-corrected chi connectivity index (χ3v) is 6.05. The summed E-state index contributed by atoms with van der Waals surface area (Å²) in [4.78, 5) is 24.1. The fourth-order valence-corrected chi connectivity index (χ4v) is 4.80. The van der Waals surface area contributed by atoms with E-state index in [1.807, 2.05) is 48.5 Å². The third-order valence-electron chi connectivity index (χ3n) is 3.94. The van der Waals surface area contributed by atoms with Crippen LogP contribution >= 0.6 is 23.1 Å². The molecule has 1 fully saturated rings. The Bertz CT molecular complexity index is 936. The molecule has 3 aromatic rings. The van der Waals surface area contributed by atoms with Crippen LogP contribution in [0.25, 0.3) is 10.1 Å². The number of hydrogen-bond acceptors (Lipinski definition) is 5. The molecule has 1 aliphatic heterocycles. The molecule has 0 saturated carbocycles. The van der Waals surface area contributed by atoms with Crippen molar-refractivity contribution < 1.29 is 14.3 Å². The van der Waals surface area contributed by atoms with Crippen molar-refractivity contribution in [3.63, 3.8) is 0 Å². The van der Waals surface area contributed by atoms with Gasteiger partial charge in [0, 0.05) is 16.0 Å². The summed E-state index contributed by atoms with van der Waals surface area (Å²) in [6.45, 7) is 0.533. The second-order valence-electron chi connectivity index (χ2n) is 5.77. The maximum absolute atomic E-state index is 11.7. The monoisotopic (exact) mass is 369 g/mol. The van der Waals surface area contributed by atoms with Crippen molar-refractivity contribution in [3.05, 3.63) is 65.0 Å². The van der Waals surface area contributed by atoms with Gasteiger partial charge in [-0.25, -0.2) is 0 Å². The van der Waals surface area contributed by atoms with Gasteiger partial charge in [0.1, 0.15) is 12.4 Å². The molecule has 1 aromatic heterocycles. The van der Waals surface area contributed by atoms with Gasteiger partial charge in [-0.15, -0.1) is 11.3 Å². The van der Waals surface area contributed by atoms with Gasteiger partial charge < -0.3 is 4.74 Å². The van der Waals surface area contributed by atoms with E-state index in [9.17, 15) is 9.59 Å². The van der Waals surface area contributed by atoms with Crippen molar-refractivity contribution >= 4 is 44.3 Å². The summed E-state index contributed by atoms with van der Waals surface area (Å²) in [6.07, 6.45) is 0.571. The number of fused-ring (bicyclic) bond motifs is 1. The van der Waals surface area contributed by atoms with Gasteiger partial charge in [-0.2, -0.15) is 0 Å². The van der Waals surface area contributed by atoms with Crippen LogP contribution in [0.2, 0.25) is 0 Å². The largest absolute Gasteiger partial charge is 0.489 e. The van der Waals surface area contributed by atoms with Crippen LogP contribution in [0.4, 0.5) is 4.79 Å². The first-order valence-electron chi connectivity index (χ1n) is 7.88. The van der Waals surface area contributed by atoms with Gasteiger partial charge in [0.2, 0.25) is 5.91 Å². The number of rotatable bonds is 5. The number of ether oxygens (including phenoxy) is 1. The minimum absolute atomic E-state index is 0.195. The summed E-state index contributed by atoms with van der Waals surface area (Å²) >= 11 is 2.71. The average Bonchev–Trinajstić information content (AvgIpc) is 3.15. The van der Waals surface area contributed by atoms with Crippen LogP contribution in [0, 0.1) is 0 Å². The summed E-state index contributed by atoms with van der Waals surface area (Å²) in [5.74, 6) is 0.632.